The number of hydrogen-bond donors (Lipinski definition) is 2. The molecule has 5 heterocycles. The molecule has 4 saturated heterocycles. The number of fused-ring (bicyclic) bond motifs is 2. The number of imidazole rings is 1. The minimum Gasteiger partial charge on any atom is -0.505 e. The summed E-state index contributed by atoms with van der Waals surface area (Å²) in [6, 6.07) is 0. The molecule has 6 rings (SSSR count). The second kappa shape index (κ2) is 12.3. The average molecular weight is 513 g/mol. The standard InChI is InChI=1S/C23H33N4O5.CO2.Na/c1-14-4-5-18-15(2)20(26-11-8-19(28)25-10-7-16-12-24-13-27-16)29-21-23(18)17(14)6-9-22(3,30-21)31-32-23;2-1-3;/h10,12-15,17-18,21H,4-9,11H2,1-3H3,(H,24,27)(H,25,28);;/q-1;;+1. The van der Waals surface area contributed by atoms with Crippen LogP contribution in [0.4, 0.5) is 0 Å². The molecule has 1 aliphatic carbocycles. The van der Waals surface area contributed by atoms with Gasteiger partial charge < -0.3 is 19.8 Å². The Balaban J connectivity index is 0.000000861. The number of H-pyrrole nitrogens is 1. The van der Waals surface area contributed by atoms with Gasteiger partial charge in [-0.3, -0.25) is 9.79 Å². The zero-order chi connectivity index (χ0) is 25.1. The summed E-state index contributed by atoms with van der Waals surface area (Å²) in [5.74, 6) is 0.926. The van der Waals surface area contributed by atoms with E-state index in [2.05, 4.69) is 34.1 Å². The van der Waals surface area contributed by atoms with Gasteiger partial charge in [0.1, 0.15) is 0 Å². The Bertz CT molecular complexity index is 954. The van der Waals surface area contributed by atoms with Gasteiger partial charge in [0.25, 0.3) is 0 Å². The van der Waals surface area contributed by atoms with Gasteiger partial charge in [-0.15, -0.1) is 6.42 Å². The molecule has 1 amide bonds. The quantitative estimate of drug-likeness (QED) is 0.290. The van der Waals surface area contributed by atoms with E-state index in [0.717, 1.165) is 31.4 Å². The monoisotopic (exact) mass is 512 g/mol. The van der Waals surface area contributed by atoms with E-state index in [9.17, 15) is 4.79 Å². The number of carbonyl (C=O) groups excluding carboxylic acids is 3. The van der Waals surface area contributed by atoms with Gasteiger partial charge in [0.15, 0.2) is 17.4 Å². The predicted molar refractivity (Wildman–Crippen MR) is 120 cm³/mol. The molecule has 36 heavy (non-hydrogen) atoms. The summed E-state index contributed by atoms with van der Waals surface area (Å²) in [4.78, 5) is 52.1. The van der Waals surface area contributed by atoms with Crippen molar-refractivity contribution in [2.45, 2.75) is 77.0 Å². The first-order valence-corrected chi connectivity index (χ1v) is 12.2. The molecule has 0 aromatic carbocycles. The smallest absolute Gasteiger partial charge is 0.505 e. The van der Waals surface area contributed by atoms with Gasteiger partial charge in [0.2, 0.25) is 12.1 Å². The summed E-state index contributed by atoms with van der Waals surface area (Å²) in [7, 11) is 0. The summed E-state index contributed by atoms with van der Waals surface area (Å²) in [6.45, 7) is 8.45. The molecule has 1 spiro atoms. The first-order chi connectivity index (χ1) is 16.8. The van der Waals surface area contributed by atoms with Crippen molar-refractivity contribution < 1.29 is 63.2 Å². The van der Waals surface area contributed by atoms with Crippen molar-refractivity contribution in [3.05, 3.63) is 24.8 Å². The van der Waals surface area contributed by atoms with Crippen molar-refractivity contribution >= 4 is 18.0 Å². The third kappa shape index (κ3) is 5.78. The molecule has 7 atom stereocenters. The van der Waals surface area contributed by atoms with E-state index in [1.165, 1.54) is 0 Å². The Morgan fingerprint density at radius 2 is 2.06 bits per heavy atom. The van der Waals surface area contributed by atoms with Crippen molar-refractivity contribution in [3.8, 4) is 0 Å². The van der Waals surface area contributed by atoms with Crippen LogP contribution in [0.25, 0.3) is 0 Å². The van der Waals surface area contributed by atoms with Gasteiger partial charge in [-0.25, -0.2) is 21.3 Å². The number of nitrogens with zero attached hydrogens (tertiary/aromatic N) is 2. The zero-order valence-electron chi connectivity index (χ0n) is 21.3. The number of aromatic amines is 1. The molecule has 4 aliphatic heterocycles. The van der Waals surface area contributed by atoms with Gasteiger partial charge >= 0.3 is 35.7 Å². The number of amides is 1. The number of aliphatic imine (C=N–C) groups is 1. The fraction of sp³-hybridized carbons (Fsp3) is 0.708. The topological polar surface area (TPSA) is 141 Å². The number of rotatable bonds is 6. The normalized spacial score (nSPS) is 37.2. The Kier molecular flexibility index (Phi) is 9.90. The van der Waals surface area contributed by atoms with Gasteiger partial charge in [-0.2, -0.15) is 9.59 Å². The van der Waals surface area contributed by atoms with Crippen molar-refractivity contribution in [1.82, 2.24) is 15.3 Å². The largest absolute Gasteiger partial charge is 1.00 e. The van der Waals surface area contributed by atoms with Crippen LogP contribution in [0.5, 0.6) is 0 Å². The summed E-state index contributed by atoms with van der Waals surface area (Å²) >= 11 is 0. The van der Waals surface area contributed by atoms with Crippen molar-refractivity contribution in [3.63, 3.8) is 0 Å². The van der Waals surface area contributed by atoms with Crippen molar-refractivity contribution in [2.75, 3.05) is 6.54 Å². The van der Waals surface area contributed by atoms with Crippen LogP contribution in [-0.2, 0) is 40.1 Å². The average Bonchev–Trinajstić information content (AvgIpc) is 3.24. The van der Waals surface area contributed by atoms with Crippen LogP contribution in [0, 0.1) is 30.2 Å². The maximum absolute atomic E-state index is 12.2. The molecule has 1 saturated carbocycles. The molecule has 1 aromatic rings. The number of ether oxygens (including phenoxy) is 2. The van der Waals surface area contributed by atoms with Crippen LogP contribution < -0.4 is 34.9 Å². The van der Waals surface area contributed by atoms with Gasteiger partial charge in [0.05, 0.1) is 12.9 Å². The second-order valence-corrected chi connectivity index (χ2v) is 9.92. The molecule has 192 valence electrons. The Hall–Kier alpha value is -1.59. The fourth-order valence-electron chi connectivity index (χ4n) is 5.97. The molecule has 0 radical (unpaired) electrons. The van der Waals surface area contributed by atoms with Gasteiger partial charge in [0, 0.05) is 42.5 Å². The predicted octanol–water partition coefficient (Wildman–Crippen LogP) is -0.679. The summed E-state index contributed by atoms with van der Waals surface area (Å²) < 4.78 is 12.7. The van der Waals surface area contributed by atoms with Gasteiger partial charge in [-0.1, -0.05) is 13.8 Å². The molecule has 5 fully saturated rings. The third-order valence-electron chi connectivity index (χ3n) is 7.74. The third-order valence-corrected chi connectivity index (χ3v) is 7.74. The van der Waals surface area contributed by atoms with E-state index in [0.29, 0.717) is 30.7 Å². The molecular formula is C24H33N4NaO7. The first-order valence-electron chi connectivity index (χ1n) is 12.2. The van der Waals surface area contributed by atoms with Crippen LogP contribution in [0.3, 0.4) is 0 Å². The number of aromatic nitrogens is 2. The first kappa shape index (κ1) is 29.0. The van der Waals surface area contributed by atoms with Crippen LogP contribution >= 0.6 is 0 Å². The van der Waals surface area contributed by atoms with E-state index in [1.807, 2.05) is 6.92 Å². The molecule has 1 aromatic heterocycles. The Morgan fingerprint density at radius 3 is 2.78 bits per heavy atom. The van der Waals surface area contributed by atoms with Crippen molar-refractivity contribution in [2.24, 2.45) is 28.7 Å². The summed E-state index contributed by atoms with van der Waals surface area (Å²) in [5.41, 5.74) is 0.354. The van der Waals surface area contributed by atoms with Crippen LogP contribution in [0.15, 0.2) is 17.5 Å². The molecule has 11 nitrogen and oxygen atoms in total. The summed E-state index contributed by atoms with van der Waals surface area (Å²) in [6.07, 6.45) is 7.91. The maximum atomic E-state index is 12.2. The minimum atomic E-state index is -0.798. The van der Waals surface area contributed by atoms with Crippen molar-refractivity contribution in [1.29, 1.82) is 0 Å². The van der Waals surface area contributed by atoms with Crippen LogP contribution in [-0.4, -0.2) is 52.1 Å². The molecular weight excluding hydrogens is 479 g/mol. The van der Waals surface area contributed by atoms with E-state index < -0.39 is 17.7 Å². The van der Waals surface area contributed by atoms with E-state index in [4.69, 9.17) is 28.8 Å². The number of hydrogen-bond acceptors (Lipinski definition) is 9. The number of nitrogens with one attached hydrogen (secondary N) is 2. The molecule has 2 bridgehead atoms. The number of carbonyl (C=O) groups is 1. The molecule has 5 aliphatic rings. The fourth-order valence-corrected chi connectivity index (χ4v) is 5.97. The molecule has 2 N–H and O–H groups in total. The summed E-state index contributed by atoms with van der Waals surface area (Å²) in [5, 5.41) is 2.81. The molecule has 12 heteroatoms. The van der Waals surface area contributed by atoms with E-state index in [1.54, 1.807) is 19.1 Å². The maximum Gasteiger partial charge on any atom is 1.00 e. The molecule has 7 unspecified atom stereocenters. The van der Waals surface area contributed by atoms with Gasteiger partial charge in [-0.05, 0) is 32.1 Å². The second-order valence-electron chi connectivity index (χ2n) is 9.92. The van der Waals surface area contributed by atoms with Crippen LogP contribution in [0.2, 0.25) is 0 Å². The Labute approximate surface area is 232 Å². The van der Waals surface area contributed by atoms with E-state index >= 15 is 0 Å². The van der Waals surface area contributed by atoms with E-state index in [-0.39, 0.29) is 59.9 Å². The SMILES string of the molecule is CC1CCC2C(C)C(=NCCC(=O)N[CH-]Cc3cnc[nH]3)OC3OC4(C)CCC1C32OO4.O=C=O.[Na+]. The van der Waals surface area contributed by atoms with Crippen LogP contribution in [0.1, 0.15) is 58.6 Å². The Morgan fingerprint density at radius 1 is 1.28 bits per heavy atom. The minimum absolute atomic E-state index is 0. The zero-order valence-corrected chi connectivity index (χ0v) is 23.3.